The highest BCUT2D eigenvalue weighted by Crippen LogP contribution is 2.00. The lowest BCUT2D eigenvalue weighted by Crippen LogP contribution is -2.34. The second-order valence-corrected chi connectivity index (χ2v) is 3.88. The van der Waals surface area contributed by atoms with Crippen LogP contribution in [0.5, 0.6) is 0 Å². The third-order valence-electron chi connectivity index (χ3n) is 2.22. The molecule has 0 fully saturated rings. The van der Waals surface area contributed by atoms with Gasteiger partial charge in [0.05, 0.1) is 0 Å². The lowest BCUT2D eigenvalue weighted by Gasteiger charge is -2.03. The van der Waals surface area contributed by atoms with Gasteiger partial charge in [0.1, 0.15) is 5.15 Å². The first-order chi connectivity index (χ1) is 7.15. The van der Waals surface area contributed by atoms with E-state index < -0.39 is 5.69 Å². The molecule has 1 aromatic rings. The Morgan fingerprint density at radius 3 is 2.67 bits per heavy atom. The predicted molar refractivity (Wildman–Crippen MR) is 60.5 cm³/mol. The summed E-state index contributed by atoms with van der Waals surface area (Å²) in [5, 5.41) is 0.0924. The minimum absolute atomic E-state index is 0.0924. The number of aromatic amines is 1. The summed E-state index contributed by atoms with van der Waals surface area (Å²) < 4.78 is 1.18. The van der Waals surface area contributed by atoms with Gasteiger partial charge in [-0.25, -0.2) is 4.79 Å². The van der Waals surface area contributed by atoms with Crippen LogP contribution in [0.1, 0.15) is 32.6 Å². The van der Waals surface area contributed by atoms with Gasteiger partial charge in [-0.15, -0.1) is 0 Å². The highest BCUT2D eigenvalue weighted by molar-refractivity contribution is 6.29. The molecule has 0 unspecified atom stereocenters. The van der Waals surface area contributed by atoms with Crippen molar-refractivity contribution in [3.63, 3.8) is 0 Å². The minimum atomic E-state index is -0.427. The second kappa shape index (κ2) is 5.75. The summed E-state index contributed by atoms with van der Waals surface area (Å²) >= 11 is 5.54. The molecule has 15 heavy (non-hydrogen) atoms. The van der Waals surface area contributed by atoms with Crippen LogP contribution in [0, 0.1) is 0 Å². The van der Waals surface area contributed by atoms with E-state index in [2.05, 4.69) is 11.9 Å². The zero-order chi connectivity index (χ0) is 11.3. The molecule has 0 aromatic carbocycles. The quantitative estimate of drug-likeness (QED) is 0.619. The fourth-order valence-electron chi connectivity index (χ4n) is 1.40. The average Bonchev–Trinajstić information content (AvgIpc) is 2.15. The maximum Gasteiger partial charge on any atom is 0.329 e. The van der Waals surface area contributed by atoms with Crippen LogP contribution < -0.4 is 11.2 Å². The molecule has 1 heterocycles. The molecule has 1 aromatic heterocycles. The summed E-state index contributed by atoms with van der Waals surface area (Å²) in [5.41, 5.74) is -0.760. The van der Waals surface area contributed by atoms with E-state index >= 15 is 0 Å². The number of H-pyrrole nitrogens is 1. The van der Waals surface area contributed by atoms with Gasteiger partial charge in [0.2, 0.25) is 0 Å². The van der Waals surface area contributed by atoms with E-state index in [4.69, 9.17) is 11.6 Å². The van der Waals surface area contributed by atoms with Crippen LogP contribution in [0.15, 0.2) is 15.7 Å². The van der Waals surface area contributed by atoms with Gasteiger partial charge >= 0.3 is 5.69 Å². The summed E-state index contributed by atoms with van der Waals surface area (Å²) in [7, 11) is 0. The molecule has 0 saturated heterocycles. The van der Waals surface area contributed by atoms with Crippen LogP contribution in [-0.4, -0.2) is 9.55 Å². The molecule has 0 bridgehead atoms. The van der Waals surface area contributed by atoms with Crippen LogP contribution >= 0.6 is 11.6 Å². The van der Waals surface area contributed by atoms with Crippen molar-refractivity contribution in [3.05, 3.63) is 32.1 Å². The molecule has 0 aliphatic rings. The Labute approximate surface area is 92.9 Å². The van der Waals surface area contributed by atoms with Crippen LogP contribution in [0.3, 0.4) is 0 Å². The first kappa shape index (κ1) is 12.0. The Balaban J connectivity index is 2.69. The number of aromatic nitrogens is 2. The van der Waals surface area contributed by atoms with Crippen molar-refractivity contribution in [3.8, 4) is 0 Å². The smallest absolute Gasteiger partial charge is 0.298 e. The standard InChI is InChI=1S/C10H15ClN2O2/c1-2-3-4-5-6-13-9(14)7-8(11)12-10(13)15/h7H,2-6H2,1H3,(H,12,15). The van der Waals surface area contributed by atoms with E-state index in [-0.39, 0.29) is 10.7 Å². The normalized spacial score (nSPS) is 10.5. The van der Waals surface area contributed by atoms with Gasteiger partial charge in [0, 0.05) is 12.6 Å². The number of rotatable bonds is 5. The Hall–Kier alpha value is -1.03. The van der Waals surface area contributed by atoms with Crippen LogP contribution in [0.25, 0.3) is 0 Å². The van der Waals surface area contributed by atoms with Crippen molar-refractivity contribution in [1.82, 2.24) is 9.55 Å². The number of unbranched alkanes of at least 4 members (excludes halogenated alkanes) is 3. The molecular weight excluding hydrogens is 216 g/mol. The fourth-order valence-corrected chi connectivity index (χ4v) is 1.57. The lowest BCUT2D eigenvalue weighted by molar-refractivity contribution is 0.550. The van der Waals surface area contributed by atoms with E-state index in [1.54, 1.807) is 0 Å². The van der Waals surface area contributed by atoms with Crippen LogP contribution in [0.4, 0.5) is 0 Å². The maximum absolute atomic E-state index is 11.4. The first-order valence-corrected chi connectivity index (χ1v) is 5.52. The molecule has 0 radical (unpaired) electrons. The van der Waals surface area contributed by atoms with Gasteiger partial charge in [-0.05, 0) is 6.42 Å². The number of hydrogen-bond acceptors (Lipinski definition) is 2. The summed E-state index contributed by atoms with van der Waals surface area (Å²) in [6.07, 6.45) is 4.13. The Morgan fingerprint density at radius 1 is 1.33 bits per heavy atom. The number of hydrogen-bond donors (Lipinski definition) is 1. The zero-order valence-electron chi connectivity index (χ0n) is 8.75. The fraction of sp³-hybridized carbons (Fsp3) is 0.600. The van der Waals surface area contributed by atoms with Crippen molar-refractivity contribution in [2.75, 3.05) is 0 Å². The maximum atomic E-state index is 11.4. The third-order valence-corrected chi connectivity index (χ3v) is 2.43. The predicted octanol–water partition coefficient (Wildman–Crippen LogP) is 1.77. The van der Waals surface area contributed by atoms with Crippen molar-refractivity contribution >= 4 is 11.6 Å². The summed E-state index contributed by atoms with van der Waals surface area (Å²) in [6, 6.07) is 1.22. The monoisotopic (exact) mass is 230 g/mol. The molecule has 0 saturated carbocycles. The molecule has 84 valence electrons. The van der Waals surface area contributed by atoms with E-state index in [1.165, 1.54) is 10.6 Å². The van der Waals surface area contributed by atoms with E-state index in [0.29, 0.717) is 6.54 Å². The molecule has 1 N–H and O–H groups in total. The van der Waals surface area contributed by atoms with Crippen molar-refractivity contribution in [2.24, 2.45) is 0 Å². The van der Waals surface area contributed by atoms with Gasteiger partial charge in [-0.1, -0.05) is 37.8 Å². The molecule has 0 amide bonds. The van der Waals surface area contributed by atoms with Crippen LogP contribution in [0.2, 0.25) is 5.15 Å². The summed E-state index contributed by atoms with van der Waals surface area (Å²) in [5.74, 6) is 0. The lowest BCUT2D eigenvalue weighted by atomic mass is 10.2. The van der Waals surface area contributed by atoms with E-state index in [0.717, 1.165) is 25.7 Å². The molecule has 4 nitrogen and oxygen atoms in total. The third kappa shape index (κ3) is 3.55. The Kier molecular flexibility index (Phi) is 4.62. The molecule has 0 aliphatic carbocycles. The molecule has 5 heteroatoms. The molecular formula is C10H15ClN2O2. The topological polar surface area (TPSA) is 54.9 Å². The second-order valence-electron chi connectivity index (χ2n) is 3.47. The van der Waals surface area contributed by atoms with Crippen molar-refractivity contribution < 1.29 is 0 Å². The summed E-state index contributed by atoms with van der Waals surface area (Å²) in [4.78, 5) is 25.1. The molecule has 1 rings (SSSR count). The van der Waals surface area contributed by atoms with Crippen molar-refractivity contribution in [1.29, 1.82) is 0 Å². The number of nitrogens with one attached hydrogen (secondary N) is 1. The van der Waals surface area contributed by atoms with Gasteiger partial charge in [-0.3, -0.25) is 14.3 Å². The van der Waals surface area contributed by atoms with E-state index in [9.17, 15) is 9.59 Å². The number of nitrogens with zero attached hydrogens (tertiary/aromatic N) is 1. The molecule has 0 aliphatic heterocycles. The largest absolute Gasteiger partial charge is 0.329 e. The SMILES string of the molecule is CCCCCCn1c(=O)cc(Cl)[nH]c1=O. The average molecular weight is 231 g/mol. The van der Waals surface area contributed by atoms with Gasteiger partial charge in [0.25, 0.3) is 5.56 Å². The van der Waals surface area contributed by atoms with E-state index in [1.807, 2.05) is 0 Å². The van der Waals surface area contributed by atoms with Gasteiger partial charge in [-0.2, -0.15) is 0 Å². The van der Waals surface area contributed by atoms with Crippen molar-refractivity contribution in [2.45, 2.75) is 39.2 Å². The highest BCUT2D eigenvalue weighted by Gasteiger charge is 2.02. The Bertz CT molecular complexity index is 391. The van der Waals surface area contributed by atoms with Crippen LogP contribution in [-0.2, 0) is 6.54 Å². The highest BCUT2D eigenvalue weighted by atomic mass is 35.5. The van der Waals surface area contributed by atoms with Gasteiger partial charge in [0.15, 0.2) is 0 Å². The molecule has 0 spiro atoms. The summed E-state index contributed by atoms with van der Waals surface area (Å²) in [6.45, 7) is 2.58. The minimum Gasteiger partial charge on any atom is -0.298 e. The number of halogens is 1. The molecule has 0 atom stereocenters. The Morgan fingerprint density at radius 2 is 2.07 bits per heavy atom. The first-order valence-electron chi connectivity index (χ1n) is 5.15. The van der Waals surface area contributed by atoms with Gasteiger partial charge < -0.3 is 0 Å². The zero-order valence-corrected chi connectivity index (χ0v) is 9.51.